The summed E-state index contributed by atoms with van der Waals surface area (Å²) in [6.45, 7) is 0.516. The van der Waals surface area contributed by atoms with Crippen molar-refractivity contribution >= 4 is 22.9 Å². The molecule has 0 radical (unpaired) electrons. The van der Waals surface area contributed by atoms with Crippen molar-refractivity contribution in [2.75, 3.05) is 5.73 Å². The summed E-state index contributed by atoms with van der Waals surface area (Å²) < 4.78 is 1.32. The molecule has 2 aromatic rings. The Morgan fingerprint density at radius 1 is 1.38 bits per heavy atom. The van der Waals surface area contributed by atoms with Crippen molar-refractivity contribution in [1.29, 1.82) is 0 Å². The number of nitrogens with zero attached hydrogens (tertiary/aromatic N) is 1. The third-order valence-electron chi connectivity index (χ3n) is 3.58. The van der Waals surface area contributed by atoms with Crippen molar-refractivity contribution in [2.45, 2.75) is 32.4 Å². The van der Waals surface area contributed by atoms with E-state index in [-0.39, 0.29) is 18.0 Å². The molecule has 0 unspecified atom stereocenters. The molecule has 1 aliphatic carbocycles. The fraction of sp³-hybridized carbons (Fsp3) is 0.333. The largest absolute Gasteiger partial charge is 0.398 e. The van der Waals surface area contributed by atoms with E-state index in [1.165, 1.54) is 44.6 Å². The van der Waals surface area contributed by atoms with E-state index in [2.05, 4.69) is 11.4 Å². The van der Waals surface area contributed by atoms with Crippen LogP contribution in [0.25, 0.3) is 0 Å². The Bertz CT molecular complexity index is 711. The number of nitrogens with two attached hydrogens (primary N) is 1. The van der Waals surface area contributed by atoms with Gasteiger partial charge in [0.15, 0.2) is 0 Å². The maximum atomic E-state index is 11.9. The van der Waals surface area contributed by atoms with Gasteiger partial charge in [0.1, 0.15) is 6.54 Å². The van der Waals surface area contributed by atoms with E-state index in [1.54, 1.807) is 11.3 Å². The predicted octanol–water partition coefficient (Wildman–Crippen LogP) is 1.30. The van der Waals surface area contributed by atoms with Crippen molar-refractivity contribution < 1.29 is 4.79 Å². The minimum Gasteiger partial charge on any atom is -0.398 e. The fourth-order valence-corrected chi connectivity index (χ4v) is 3.75. The third-order valence-corrected chi connectivity index (χ3v) is 4.81. The normalized spacial score (nSPS) is 13.1. The van der Waals surface area contributed by atoms with Gasteiger partial charge in [-0.05, 0) is 37.0 Å². The summed E-state index contributed by atoms with van der Waals surface area (Å²) in [6.07, 6.45) is 5.04. The number of carbonyl (C=O) groups is 1. The molecule has 6 heteroatoms. The van der Waals surface area contributed by atoms with Crippen LogP contribution in [0.3, 0.4) is 0 Å². The van der Waals surface area contributed by atoms with Crippen LogP contribution in [-0.2, 0) is 30.7 Å². The molecule has 3 rings (SSSR count). The van der Waals surface area contributed by atoms with Crippen LogP contribution in [0.1, 0.15) is 21.7 Å². The number of fused-ring (bicyclic) bond motifs is 1. The van der Waals surface area contributed by atoms with E-state index in [0.717, 1.165) is 12.8 Å². The van der Waals surface area contributed by atoms with Gasteiger partial charge in [-0.25, -0.2) is 0 Å². The number of aromatic nitrogens is 1. The molecular weight excluding hydrogens is 286 g/mol. The Kier molecular flexibility index (Phi) is 3.79. The number of rotatable bonds is 4. The van der Waals surface area contributed by atoms with Crippen LogP contribution in [0.4, 0.5) is 5.69 Å². The van der Waals surface area contributed by atoms with E-state index in [1.807, 2.05) is 0 Å². The number of thiophene rings is 1. The number of hydrogen-bond acceptors (Lipinski definition) is 4. The minimum atomic E-state index is -0.227. The molecule has 2 heterocycles. The SMILES string of the molecule is Nc1ccc(=O)n(CC(=O)NCc2cc3c(s2)CCC3)c1. The van der Waals surface area contributed by atoms with E-state index >= 15 is 0 Å². The van der Waals surface area contributed by atoms with Crippen LogP contribution in [0.15, 0.2) is 29.2 Å². The summed E-state index contributed by atoms with van der Waals surface area (Å²) in [5.74, 6) is -0.184. The second-order valence-electron chi connectivity index (χ2n) is 5.22. The van der Waals surface area contributed by atoms with Crippen LogP contribution >= 0.6 is 11.3 Å². The molecule has 5 nitrogen and oxygen atoms in total. The van der Waals surface area contributed by atoms with E-state index in [4.69, 9.17) is 5.73 Å². The molecule has 0 aromatic carbocycles. The van der Waals surface area contributed by atoms with Gasteiger partial charge in [-0.3, -0.25) is 9.59 Å². The standard InChI is InChI=1S/C15H17N3O2S/c16-11-4-5-15(20)18(8-11)9-14(19)17-7-12-6-10-2-1-3-13(10)21-12/h4-6,8H,1-3,7,9,16H2,(H,17,19). The number of pyridine rings is 1. The lowest BCUT2D eigenvalue weighted by molar-refractivity contribution is -0.121. The highest BCUT2D eigenvalue weighted by Gasteiger charge is 2.15. The molecule has 0 saturated heterocycles. The van der Waals surface area contributed by atoms with Gasteiger partial charge in [0.25, 0.3) is 5.56 Å². The summed E-state index contributed by atoms with van der Waals surface area (Å²) in [6, 6.07) is 5.08. The lowest BCUT2D eigenvalue weighted by atomic mass is 10.2. The molecule has 3 N–H and O–H groups in total. The zero-order chi connectivity index (χ0) is 14.8. The summed E-state index contributed by atoms with van der Waals surface area (Å²) in [5, 5.41) is 2.85. The van der Waals surface area contributed by atoms with Gasteiger partial charge in [-0.2, -0.15) is 0 Å². The number of anilines is 1. The molecule has 0 bridgehead atoms. The Morgan fingerprint density at radius 2 is 2.24 bits per heavy atom. The third kappa shape index (κ3) is 3.16. The maximum Gasteiger partial charge on any atom is 0.251 e. The van der Waals surface area contributed by atoms with Crippen molar-refractivity contribution in [1.82, 2.24) is 9.88 Å². The quantitative estimate of drug-likeness (QED) is 0.893. The van der Waals surface area contributed by atoms with Crippen molar-refractivity contribution in [3.8, 4) is 0 Å². The highest BCUT2D eigenvalue weighted by Crippen LogP contribution is 2.30. The van der Waals surface area contributed by atoms with Gasteiger partial charge < -0.3 is 15.6 Å². The molecule has 0 atom stereocenters. The first-order valence-electron chi connectivity index (χ1n) is 6.95. The average Bonchev–Trinajstić information content (AvgIpc) is 3.01. The Hall–Kier alpha value is -2.08. The van der Waals surface area contributed by atoms with E-state index < -0.39 is 0 Å². The molecule has 1 aliphatic rings. The van der Waals surface area contributed by atoms with Crippen molar-refractivity contribution in [2.24, 2.45) is 0 Å². The molecule has 0 spiro atoms. The number of hydrogen-bond donors (Lipinski definition) is 2. The smallest absolute Gasteiger partial charge is 0.251 e. The molecule has 0 saturated carbocycles. The Morgan fingerprint density at radius 3 is 3.05 bits per heavy atom. The van der Waals surface area contributed by atoms with E-state index in [9.17, 15) is 9.59 Å². The lowest BCUT2D eigenvalue weighted by Crippen LogP contribution is -2.31. The zero-order valence-electron chi connectivity index (χ0n) is 11.6. The van der Waals surface area contributed by atoms with Gasteiger partial charge in [0.05, 0.1) is 6.54 Å². The summed E-state index contributed by atoms with van der Waals surface area (Å²) >= 11 is 1.77. The first-order chi connectivity index (χ1) is 10.1. The summed E-state index contributed by atoms with van der Waals surface area (Å²) in [5.41, 5.74) is 7.29. The predicted molar refractivity (Wildman–Crippen MR) is 83.3 cm³/mol. The fourth-order valence-electron chi connectivity index (χ4n) is 2.55. The number of amides is 1. The van der Waals surface area contributed by atoms with Gasteiger partial charge >= 0.3 is 0 Å². The number of carbonyl (C=O) groups excluding carboxylic acids is 1. The van der Waals surface area contributed by atoms with Crippen molar-refractivity contribution in [3.05, 3.63) is 50.1 Å². The molecule has 110 valence electrons. The molecule has 21 heavy (non-hydrogen) atoms. The number of aryl methyl sites for hydroxylation is 2. The highest BCUT2D eigenvalue weighted by atomic mass is 32.1. The maximum absolute atomic E-state index is 11.9. The second-order valence-corrected chi connectivity index (χ2v) is 6.44. The summed E-state index contributed by atoms with van der Waals surface area (Å²) in [7, 11) is 0. The van der Waals surface area contributed by atoms with Crippen LogP contribution < -0.4 is 16.6 Å². The Balaban J connectivity index is 1.59. The second kappa shape index (κ2) is 5.73. The molecule has 2 aromatic heterocycles. The molecule has 0 aliphatic heterocycles. The Labute approximate surface area is 126 Å². The van der Waals surface area contributed by atoms with Gasteiger partial charge in [-0.1, -0.05) is 0 Å². The molecule has 0 fully saturated rings. The first-order valence-corrected chi connectivity index (χ1v) is 7.76. The molecule has 1 amide bonds. The monoisotopic (exact) mass is 303 g/mol. The van der Waals surface area contributed by atoms with Crippen LogP contribution in [0, 0.1) is 0 Å². The topological polar surface area (TPSA) is 77.1 Å². The van der Waals surface area contributed by atoms with E-state index in [0.29, 0.717) is 12.2 Å². The van der Waals surface area contributed by atoms with Gasteiger partial charge in [0, 0.05) is 27.7 Å². The zero-order valence-corrected chi connectivity index (χ0v) is 12.4. The van der Waals surface area contributed by atoms with Crippen LogP contribution in [-0.4, -0.2) is 10.5 Å². The lowest BCUT2D eigenvalue weighted by Gasteiger charge is -2.07. The van der Waals surface area contributed by atoms with Crippen LogP contribution in [0.5, 0.6) is 0 Å². The number of nitrogen functional groups attached to an aromatic ring is 1. The minimum absolute atomic E-state index is 0.00500. The highest BCUT2D eigenvalue weighted by molar-refractivity contribution is 7.12. The van der Waals surface area contributed by atoms with Gasteiger partial charge in [0.2, 0.25) is 5.91 Å². The van der Waals surface area contributed by atoms with Crippen LogP contribution in [0.2, 0.25) is 0 Å². The van der Waals surface area contributed by atoms with Gasteiger partial charge in [-0.15, -0.1) is 11.3 Å². The van der Waals surface area contributed by atoms with Crippen molar-refractivity contribution in [3.63, 3.8) is 0 Å². The summed E-state index contributed by atoms with van der Waals surface area (Å²) in [4.78, 5) is 26.1. The average molecular weight is 303 g/mol. The number of nitrogens with one attached hydrogen (secondary N) is 1. The molecular formula is C15H17N3O2S. The first kappa shape index (κ1) is 13.9.